The van der Waals surface area contributed by atoms with Gasteiger partial charge < -0.3 is 18.9 Å². The molecule has 0 saturated heterocycles. The van der Waals surface area contributed by atoms with Gasteiger partial charge in [-0.15, -0.1) is 0 Å². The number of benzene rings is 2. The lowest BCUT2D eigenvalue weighted by atomic mass is 9.80. The lowest BCUT2D eigenvalue weighted by molar-refractivity contribution is -0.134. The summed E-state index contributed by atoms with van der Waals surface area (Å²) in [5, 5.41) is 0. The largest absolute Gasteiger partial charge is 0.493 e. The number of allylic oxidation sites excluding steroid dienone is 1. The summed E-state index contributed by atoms with van der Waals surface area (Å²) < 4.78 is 22.7. The molecule has 1 saturated carbocycles. The van der Waals surface area contributed by atoms with Crippen molar-refractivity contribution in [2.75, 3.05) is 7.11 Å². The van der Waals surface area contributed by atoms with Gasteiger partial charge in [-0.05, 0) is 48.1 Å². The summed E-state index contributed by atoms with van der Waals surface area (Å²) >= 11 is 0. The zero-order valence-corrected chi connectivity index (χ0v) is 19.3. The van der Waals surface area contributed by atoms with Gasteiger partial charge in [-0.25, -0.2) is 4.79 Å². The molecule has 6 heteroatoms. The summed E-state index contributed by atoms with van der Waals surface area (Å²) in [7, 11) is 1.36. The van der Waals surface area contributed by atoms with E-state index in [-0.39, 0.29) is 35.6 Å². The molecule has 2 aromatic carbocycles. The second kappa shape index (κ2) is 10.2. The van der Waals surface area contributed by atoms with Crippen LogP contribution in [-0.4, -0.2) is 31.1 Å². The molecule has 0 N–H and O–H groups in total. The average molecular weight is 451 g/mol. The van der Waals surface area contributed by atoms with Gasteiger partial charge in [-0.3, -0.25) is 4.79 Å². The van der Waals surface area contributed by atoms with Crippen molar-refractivity contribution in [3.05, 3.63) is 77.2 Å². The van der Waals surface area contributed by atoms with Crippen LogP contribution in [0.15, 0.2) is 60.6 Å². The number of methoxy groups -OCH3 is 1. The maximum Gasteiger partial charge on any atom is 0.337 e. The van der Waals surface area contributed by atoms with Crippen LogP contribution in [0.5, 0.6) is 5.75 Å². The van der Waals surface area contributed by atoms with Gasteiger partial charge in [0.05, 0.1) is 31.3 Å². The molecule has 6 nitrogen and oxygen atoms in total. The fraction of sp³-hybridized carbons (Fsp3) is 0.407. The summed E-state index contributed by atoms with van der Waals surface area (Å²) in [6.07, 6.45) is 3.41. The Bertz CT molecular complexity index is 1020. The van der Waals surface area contributed by atoms with E-state index in [0.29, 0.717) is 36.7 Å². The number of fused-ring (bicyclic) bond motifs is 1. The maximum absolute atomic E-state index is 13.1. The van der Waals surface area contributed by atoms with Crippen molar-refractivity contribution in [1.82, 2.24) is 0 Å². The standard InChI is InChI=1S/C27H30O6/c1-17(2)21-6-4-5-7-23(21)33-25-16-32-24-14-20(12-13-22(24)26(25)28)31-15-18-8-10-19(11-9-18)27(29)30-3/h4-11,16-17,20,22,24H,12-15H2,1-3H3. The summed E-state index contributed by atoms with van der Waals surface area (Å²) in [4.78, 5) is 24.6. The highest BCUT2D eigenvalue weighted by molar-refractivity contribution is 5.96. The summed E-state index contributed by atoms with van der Waals surface area (Å²) in [6, 6.07) is 15.0. The zero-order valence-electron chi connectivity index (χ0n) is 19.3. The Morgan fingerprint density at radius 2 is 1.85 bits per heavy atom. The number of ketones is 1. The molecule has 1 aliphatic heterocycles. The van der Waals surface area contributed by atoms with Crippen LogP contribution in [0.25, 0.3) is 0 Å². The van der Waals surface area contributed by atoms with Crippen LogP contribution >= 0.6 is 0 Å². The van der Waals surface area contributed by atoms with Gasteiger partial charge >= 0.3 is 5.97 Å². The fourth-order valence-corrected chi connectivity index (χ4v) is 4.40. The van der Waals surface area contributed by atoms with E-state index in [9.17, 15) is 9.59 Å². The van der Waals surface area contributed by atoms with Crippen molar-refractivity contribution in [2.45, 2.75) is 57.8 Å². The van der Waals surface area contributed by atoms with E-state index in [4.69, 9.17) is 18.9 Å². The van der Waals surface area contributed by atoms with Crippen molar-refractivity contribution in [3.8, 4) is 5.75 Å². The van der Waals surface area contributed by atoms with Crippen molar-refractivity contribution >= 4 is 11.8 Å². The molecular weight excluding hydrogens is 420 g/mol. The number of carbonyl (C=O) groups is 2. The molecule has 3 unspecified atom stereocenters. The Balaban J connectivity index is 1.34. The highest BCUT2D eigenvalue weighted by Crippen LogP contribution is 2.36. The molecule has 2 aliphatic rings. The van der Waals surface area contributed by atoms with Crippen molar-refractivity contribution < 1.29 is 28.5 Å². The number of carbonyl (C=O) groups excluding carboxylic acids is 2. The molecule has 1 aliphatic carbocycles. The van der Waals surface area contributed by atoms with Gasteiger partial charge in [0.2, 0.25) is 11.5 Å². The molecule has 2 aromatic rings. The molecule has 0 radical (unpaired) electrons. The minimum absolute atomic E-state index is 0.00154. The van der Waals surface area contributed by atoms with Gasteiger partial charge in [-0.2, -0.15) is 0 Å². The van der Waals surface area contributed by atoms with E-state index in [1.165, 1.54) is 13.4 Å². The van der Waals surface area contributed by atoms with Crippen LogP contribution in [0.1, 0.15) is 60.5 Å². The number of hydrogen-bond acceptors (Lipinski definition) is 6. The van der Waals surface area contributed by atoms with Gasteiger partial charge in [0.1, 0.15) is 18.1 Å². The molecule has 174 valence electrons. The fourth-order valence-electron chi connectivity index (χ4n) is 4.40. The molecule has 33 heavy (non-hydrogen) atoms. The number of Topliss-reactive ketones (excluding diaryl/α,β-unsaturated/α-hetero) is 1. The van der Waals surface area contributed by atoms with Crippen LogP contribution in [0.4, 0.5) is 0 Å². The van der Waals surface area contributed by atoms with E-state index in [2.05, 4.69) is 13.8 Å². The number of esters is 1. The van der Waals surface area contributed by atoms with E-state index in [0.717, 1.165) is 17.5 Å². The van der Waals surface area contributed by atoms with E-state index < -0.39 is 0 Å². The first-order valence-electron chi connectivity index (χ1n) is 11.4. The van der Waals surface area contributed by atoms with Gasteiger partial charge in [0, 0.05) is 6.42 Å². The summed E-state index contributed by atoms with van der Waals surface area (Å²) in [5.41, 5.74) is 2.55. The third-order valence-electron chi connectivity index (χ3n) is 6.29. The van der Waals surface area contributed by atoms with Crippen LogP contribution in [0.3, 0.4) is 0 Å². The van der Waals surface area contributed by atoms with Crippen molar-refractivity contribution in [1.29, 1.82) is 0 Å². The maximum atomic E-state index is 13.1. The third kappa shape index (κ3) is 5.28. The monoisotopic (exact) mass is 450 g/mol. The second-order valence-corrected chi connectivity index (χ2v) is 8.86. The van der Waals surface area contributed by atoms with Gasteiger partial charge in [0.15, 0.2) is 0 Å². The Labute approximate surface area is 194 Å². The normalized spacial score (nSPS) is 22.2. The first-order valence-corrected chi connectivity index (χ1v) is 11.4. The molecule has 0 spiro atoms. The Hall–Kier alpha value is -3.12. The number of para-hydroxylation sites is 1. The predicted molar refractivity (Wildman–Crippen MR) is 123 cm³/mol. The predicted octanol–water partition coefficient (Wildman–Crippen LogP) is 5.17. The van der Waals surface area contributed by atoms with E-state index in [1.54, 1.807) is 12.1 Å². The average Bonchev–Trinajstić information content (AvgIpc) is 2.84. The number of hydrogen-bond donors (Lipinski definition) is 0. The molecule has 0 aromatic heterocycles. The Morgan fingerprint density at radius 3 is 2.58 bits per heavy atom. The van der Waals surface area contributed by atoms with Gasteiger partial charge in [-0.1, -0.05) is 44.2 Å². The first-order chi connectivity index (χ1) is 16.0. The quantitative estimate of drug-likeness (QED) is 0.542. The van der Waals surface area contributed by atoms with Crippen LogP contribution in [-0.2, 0) is 25.6 Å². The molecule has 0 amide bonds. The Morgan fingerprint density at radius 1 is 1.09 bits per heavy atom. The molecular formula is C27H30O6. The molecule has 3 atom stereocenters. The molecule has 4 rings (SSSR count). The molecule has 1 heterocycles. The molecule has 1 fully saturated rings. The summed E-state index contributed by atoms with van der Waals surface area (Å²) in [6.45, 7) is 4.63. The zero-order chi connectivity index (χ0) is 23.4. The van der Waals surface area contributed by atoms with Crippen LogP contribution in [0, 0.1) is 5.92 Å². The number of rotatable bonds is 7. The van der Waals surface area contributed by atoms with E-state index in [1.807, 2.05) is 36.4 Å². The van der Waals surface area contributed by atoms with Crippen LogP contribution in [0.2, 0.25) is 0 Å². The van der Waals surface area contributed by atoms with E-state index >= 15 is 0 Å². The van der Waals surface area contributed by atoms with Gasteiger partial charge in [0.25, 0.3) is 0 Å². The summed E-state index contributed by atoms with van der Waals surface area (Å²) in [5.74, 6) is 0.693. The highest BCUT2D eigenvalue weighted by atomic mass is 16.5. The van der Waals surface area contributed by atoms with Crippen molar-refractivity contribution in [3.63, 3.8) is 0 Å². The third-order valence-corrected chi connectivity index (χ3v) is 6.29. The second-order valence-electron chi connectivity index (χ2n) is 8.86. The lowest BCUT2D eigenvalue weighted by Crippen LogP contribution is -2.42. The smallest absolute Gasteiger partial charge is 0.337 e. The molecule has 0 bridgehead atoms. The minimum Gasteiger partial charge on any atom is -0.493 e. The SMILES string of the molecule is COC(=O)c1ccc(COC2CCC3C(=O)C(Oc4ccccc4C(C)C)=COC3C2)cc1. The Kier molecular flexibility index (Phi) is 7.14. The van der Waals surface area contributed by atoms with Crippen molar-refractivity contribution in [2.24, 2.45) is 5.92 Å². The lowest BCUT2D eigenvalue weighted by Gasteiger charge is -2.37. The van der Waals surface area contributed by atoms with Crippen LogP contribution < -0.4 is 4.74 Å². The number of ether oxygens (including phenoxy) is 4. The first kappa shape index (κ1) is 23.1. The highest BCUT2D eigenvalue weighted by Gasteiger charge is 2.41. The minimum atomic E-state index is -0.357. The topological polar surface area (TPSA) is 71.1 Å².